The first kappa shape index (κ1) is 25.3. The number of nitrogens with zero attached hydrogens (tertiary/aromatic N) is 1. The van der Waals surface area contributed by atoms with Crippen molar-refractivity contribution in [3.63, 3.8) is 0 Å². The second-order valence-corrected chi connectivity index (χ2v) is 9.27. The summed E-state index contributed by atoms with van der Waals surface area (Å²) in [4.78, 5) is 50.5. The Hall–Kier alpha value is -3.76. The van der Waals surface area contributed by atoms with Crippen LogP contribution >= 0.6 is 31.9 Å². The molecule has 0 spiro atoms. The van der Waals surface area contributed by atoms with Crippen molar-refractivity contribution in [2.45, 2.75) is 6.61 Å². The number of benzene rings is 3. The number of hydrogen-bond acceptors (Lipinski definition) is 6. The number of rotatable bonds is 6. The van der Waals surface area contributed by atoms with E-state index in [2.05, 4.69) is 41.9 Å². The number of barbiturate groups is 1. The number of methoxy groups -OCH3 is 1. The lowest BCUT2D eigenvalue weighted by molar-refractivity contribution is -0.122. The number of hydrogen-bond donors (Lipinski definition) is 1. The summed E-state index contributed by atoms with van der Waals surface area (Å²) in [5.74, 6) is -1.58. The van der Waals surface area contributed by atoms with Gasteiger partial charge in [-0.3, -0.25) is 14.9 Å². The summed E-state index contributed by atoms with van der Waals surface area (Å²) in [6, 6.07) is 17.6. The Kier molecular flexibility index (Phi) is 7.66. The third-order valence-electron chi connectivity index (χ3n) is 5.26. The van der Waals surface area contributed by atoms with Gasteiger partial charge in [0.05, 0.1) is 22.8 Å². The molecule has 1 aliphatic rings. The van der Waals surface area contributed by atoms with Crippen LogP contribution in [0.25, 0.3) is 6.08 Å². The van der Waals surface area contributed by atoms with Gasteiger partial charge in [0.25, 0.3) is 11.8 Å². The van der Waals surface area contributed by atoms with E-state index in [4.69, 9.17) is 4.74 Å². The molecular formula is C26H18Br2N2O6. The second-order valence-electron chi connectivity index (χ2n) is 7.57. The van der Waals surface area contributed by atoms with Crippen LogP contribution in [0.1, 0.15) is 21.5 Å². The first-order chi connectivity index (χ1) is 17.3. The third kappa shape index (κ3) is 5.39. The zero-order valence-corrected chi connectivity index (χ0v) is 22.0. The largest absolute Gasteiger partial charge is 0.488 e. The van der Waals surface area contributed by atoms with E-state index < -0.39 is 23.8 Å². The van der Waals surface area contributed by atoms with Crippen LogP contribution in [-0.4, -0.2) is 30.9 Å². The smallest absolute Gasteiger partial charge is 0.337 e. The highest BCUT2D eigenvalue weighted by molar-refractivity contribution is 9.10. The van der Waals surface area contributed by atoms with Crippen molar-refractivity contribution in [3.8, 4) is 5.75 Å². The molecule has 0 bridgehead atoms. The number of anilines is 1. The SMILES string of the molecule is COC(=O)c1ccc(N2C(=O)NC(=O)/C(=C\c3ccc(OCc4ccccc4Br)c(Br)c3)C2=O)cc1. The van der Waals surface area contributed by atoms with Gasteiger partial charge in [-0.25, -0.2) is 14.5 Å². The molecule has 1 aliphatic heterocycles. The molecule has 10 heteroatoms. The van der Waals surface area contributed by atoms with Crippen LogP contribution in [0, 0.1) is 0 Å². The lowest BCUT2D eigenvalue weighted by atomic mass is 10.1. The van der Waals surface area contributed by atoms with Crippen molar-refractivity contribution in [2.75, 3.05) is 12.0 Å². The number of carbonyl (C=O) groups excluding carboxylic acids is 4. The van der Waals surface area contributed by atoms with Gasteiger partial charge in [-0.2, -0.15) is 0 Å². The molecule has 1 saturated heterocycles. The molecule has 0 aromatic heterocycles. The quantitative estimate of drug-likeness (QED) is 0.232. The van der Waals surface area contributed by atoms with Gasteiger partial charge in [0.1, 0.15) is 17.9 Å². The number of esters is 1. The number of imide groups is 2. The zero-order valence-electron chi connectivity index (χ0n) is 18.8. The van der Waals surface area contributed by atoms with Crippen LogP contribution in [0.15, 0.2) is 81.2 Å². The summed E-state index contributed by atoms with van der Waals surface area (Å²) in [6.07, 6.45) is 1.39. The molecule has 0 unspecified atom stereocenters. The van der Waals surface area contributed by atoms with Gasteiger partial charge in [-0.05, 0) is 70.0 Å². The number of nitrogens with one attached hydrogen (secondary N) is 1. The molecule has 8 nitrogen and oxygen atoms in total. The van der Waals surface area contributed by atoms with Gasteiger partial charge in [-0.15, -0.1) is 0 Å². The van der Waals surface area contributed by atoms with E-state index in [1.807, 2.05) is 24.3 Å². The highest BCUT2D eigenvalue weighted by atomic mass is 79.9. The number of halogens is 2. The summed E-state index contributed by atoms with van der Waals surface area (Å²) >= 11 is 6.95. The molecule has 4 rings (SSSR count). The molecule has 182 valence electrons. The van der Waals surface area contributed by atoms with E-state index in [0.717, 1.165) is 14.9 Å². The van der Waals surface area contributed by atoms with Gasteiger partial charge >= 0.3 is 12.0 Å². The van der Waals surface area contributed by atoms with Crippen molar-refractivity contribution in [1.29, 1.82) is 0 Å². The van der Waals surface area contributed by atoms with Gasteiger partial charge in [0, 0.05) is 10.0 Å². The number of carbonyl (C=O) groups is 4. The molecule has 0 aliphatic carbocycles. The number of ether oxygens (including phenoxy) is 2. The molecule has 3 aromatic carbocycles. The molecule has 1 heterocycles. The fraction of sp³-hybridized carbons (Fsp3) is 0.0769. The van der Waals surface area contributed by atoms with Crippen LogP contribution in [0.5, 0.6) is 5.75 Å². The monoisotopic (exact) mass is 612 g/mol. The van der Waals surface area contributed by atoms with Gasteiger partial charge in [0.15, 0.2) is 0 Å². The zero-order chi connectivity index (χ0) is 25.8. The first-order valence-electron chi connectivity index (χ1n) is 10.5. The average Bonchev–Trinajstić information content (AvgIpc) is 2.86. The average molecular weight is 614 g/mol. The van der Waals surface area contributed by atoms with E-state index in [-0.39, 0.29) is 16.8 Å². The van der Waals surface area contributed by atoms with Crippen molar-refractivity contribution in [3.05, 3.63) is 97.9 Å². The van der Waals surface area contributed by atoms with E-state index in [0.29, 0.717) is 22.4 Å². The van der Waals surface area contributed by atoms with Gasteiger partial charge in [0.2, 0.25) is 0 Å². The highest BCUT2D eigenvalue weighted by Gasteiger charge is 2.36. The van der Waals surface area contributed by atoms with Crippen molar-refractivity contribution in [2.24, 2.45) is 0 Å². The summed E-state index contributed by atoms with van der Waals surface area (Å²) < 4.78 is 12.1. The fourth-order valence-corrected chi connectivity index (χ4v) is 4.33. The van der Waals surface area contributed by atoms with Crippen molar-refractivity contribution in [1.82, 2.24) is 5.32 Å². The summed E-state index contributed by atoms with van der Waals surface area (Å²) in [5.41, 5.74) is 1.75. The Labute approximate surface area is 223 Å². The summed E-state index contributed by atoms with van der Waals surface area (Å²) in [5, 5.41) is 2.17. The minimum atomic E-state index is -0.884. The molecule has 0 atom stereocenters. The normalized spacial score (nSPS) is 14.6. The molecule has 0 saturated carbocycles. The van der Waals surface area contributed by atoms with Gasteiger partial charge in [-0.1, -0.05) is 40.2 Å². The van der Waals surface area contributed by atoms with Gasteiger partial charge < -0.3 is 9.47 Å². The van der Waals surface area contributed by atoms with Crippen LogP contribution in [0.4, 0.5) is 10.5 Å². The maximum atomic E-state index is 13.1. The van der Waals surface area contributed by atoms with Crippen molar-refractivity contribution >= 4 is 67.4 Å². The van der Waals surface area contributed by atoms with E-state index in [1.165, 1.54) is 37.5 Å². The Balaban J connectivity index is 1.55. The molecule has 4 amide bonds. The van der Waals surface area contributed by atoms with Crippen LogP contribution in [0.2, 0.25) is 0 Å². The minimum Gasteiger partial charge on any atom is -0.488 e. The third-order valence-corrected chi connectivity index (χ3v) is 6.65. The molecule has 3 aromatic rings. The maximum Gasteiger partial charge on any atom is 0.337 e. The molecule has 1 fully saturated rings. The lowest BCUT2D eigenvalue weighted by Crippen LogP contribution is -2.54. The fourth-order valence-electron chi connectivity index (χ4n) is 3.42. The van der Waals surface area contributed by atoms with E-state index >= 15 is 0 Å². The topological polar surface area (TPSA) is 102 Å². The Morgan fingerprint density at radius 1 is 0.972 bits per heavy atom. The van der Waals surface area contributed by atoms with Crippen LogP contribution in [-0.2, 0) is 20.9 Å². The molecule has 1 N–H and O–H groups in total. The second kappa shape index (κ2) is 10.9. The Morgan fingerprint density at radius 2 is 1.69 bits per heavy atom. The van der Waals surface area contributed by atoms with E-state index in [1.54, 1.807) is 18.2 Å². The predicted octanol–water partition coefficient (Wildman–Crippen LogP) is 5.24. The van der Waals surface area contributed by atoms with Crippen LogP contribution in [0.3, 0.4) is 0 Å². The maximum absolute atomic E-state index is 13.1. The standard InChI is InChI=1S/C26H18Br2N2O6/c1-35-25(33)16-7-9-18(10-8-16)30-24(32)19(23(31)29-26(30)34)12-15-6-11-22(21(28)13-15)36-14-17-4-2-3-5-20(17)27/h2-13H,14H2,1H3,(H,29,31,34)/b19-12+. The van der Waals surface area contributed by atoms with Crippen LogP contribution < -0.4 is 15.0 Å². The summed E-state index contributed by atoms with van der Waals surface area (Å²) in [7, 11) is 1.25. The molecule has 36 heavy (non-hydrogen) atoms. The first-order valence-corrected chi connectivity index (χ1v) is 12.1. The number of amides is 4. The molecular weight excluding hydrogens is 596 g/mol. The number of urea groups is 1. The lowest BCUT2D eigenvalue weighted by Gasteiger charge is -2.26. The minimum absolute atomic E-state index is 0.195. The van der Waals surface area contributed by atoms with Crippen molar-refractivity contribution < 1.29 is 28.7 Å². The predicted molar refractivity (Wildman–Crippen MR) is 139 cm³/mol. The Morgan fingerprint density at radius 3 is 2.36 bits per heavy atom. The Bertz CT molecular complexity index is 1400. The summed E-state index contributed by atoms with van der Waals surface area (Å²) in [6.45, 7) is 0.340. The van der Waals surface area contributed by atoms with E-state index in [9.17, 15) is 19.2 Å². The highest BCUT2D eigenvalue weighted by Crippen LogP contribution is 2.29. The molecule has 0 radical (unpaired) electrons.